The van der Waals surface area contributed by atoms with E-state index in [-0.39, 0.29) is 11.9 Å². The van der Waals surface area contributed by atoms with Gasteiger partial charge in [0.1, 0.15) is 0 Å². The van der Waals surface area contributed by atoms with Crippen molar-refractivity contribution < 1.29 is 19.1 Å². The Balaban J connectivity index is 3.29. The summed E-state index contributed by atoms with van der Waals surface area (Å²) >= 11 is 0. The van der Waals surface area contributed by atoms with Crippen molar-refractivity contribution in [2.24, 2.45) is 11.8 Å². The van der Waals surface area contributed by atoms with Gasteiger partial charge in [-0.3, -0.25) is 9.59 Å². The van der Waals surface area contributed by atoms with Crippen molar-refractivity contribution in [1.82, 2.24) is 0 Å². The van der Waals surface area contributed by atoms with Gasteiger partial charge >= 0.3 is 11.9 Å². The van der Waals surface area contributed by atoms with E-state index in [1.54, 1.807) is 0 Å². The predicted octanol–water partition coefficient (Wildman–Crippen LogP) is 6.62. The number of carbonyl (C=O) groups excluding carboxylic acids is 2. The van der Waals surface area contributed by atoms with E-state index in [1.807, 2.05) is 13.8 Å². The number of allylic oxidation sites excluding steroid dienone is 2. The topological polar surface area (TPSA) is 52.6 Å². The number of esters is 2. The molecule has 4 heteroatoms. The van der Waals surface area contributed by atoms with E-state index in [0.29, 0.717) is 37.9 Å². The number of hydrogen-bond donors (Lipinski definition) is 0. The van der Waals surface area contributed by atoms with Crippen LogP contribution in [-0.4, -0.2) is 25.2 Å². The maximum absolute atomic E-state index is 11.5. The molecule has 0 fully saturated rings. The zero-order valence-electron chi connectivity index (χ0n) is 18.8. The van der Waals surface area contributed by atoms with Crippen LogP contribution in [0.25, 0.3) is 0 Å². The molecule has 164 valence electrons. The lowest BCUT2D eigenvalue weighted by molar-refractivity contribution is -0.145. The van der Waals surface area contributed by atoms with E-state index in [9.17, 15) is 9.59 Å². The fourth-order valence-corrected chi connectivity index (χ4v) is 2.68. The van der Waals surface area contributed by atoms with Crippen LogP contribution in [0.3, 0.4) is 0 Å². The monoisotopic (exact) mass is 396 g/mol. The van der Waals surface area contributed by atoms with Crippen LogP contribution < -0.4 is 0 Å². The van der Waals surface area contributed by atoms with E-state index in [2.05, 4.69) is 26.0 Å². The number of hydrogen-bond acceptors (Lipinski definition) is 4. The second-order valence-electron chi connectivity index (χ2n) is 8.53. The van der Waals surface area contributed by atoms with Gasteiger partial charge in [0, 0.05) is 12.8 Å². The smallest absolute Gasteiger partial charge is 0.305 e. The lowest BCUT2D eigenvalue weighted by Crippen LogP contribution is -2.09. The summed E-state index contributed by atoms with van der Waals surface area (Å²) in [6.45, 7) is 9.26. The van der Waals surface area contributed by atoms with Gasteiger partial charge in [0.2, 0.25) is 0 Å². The molecular formula is C24H44O4. The van der Waals surface area contributed by atoms with E-state index < -0.39 is 0 Å². The lowest BCUT2D eigenvalue weighted by Gasteiger charge is -2.06. The Labute approximate surface area is 173 Å². The molecule has 0 heterocycles. The minimum absolute atomic E-state index is 0.0482. The zero-order valence-corrected chi connectivity index (χ0v) is 18.8. The molecule has 0 aromatic rings. The summed E-state index contributed by atoms with van der Waals surface area (Å²) < 4.78 is 10.3. The van der Waals surface area contributed by atoms with Crippen molar-refractivity contribution in [2.75, 3.05) is 13.2 Å². The highest BCUT2D eigenvalue weighted by atomic mass is 16.5. The first-order valence-corrected chi connectivity index (χ1v) is 11.4. The summed E-state index contributed by atoms with van der Waals surface area (Å²) in [7, 11) is 0. The first kappa shape index (κ1) is 26.7. The largest absolute Gasteiger partial charge is 0.465 e. The van der Waals surface area contributed by atoms with E-state index in [1.165, 1.54) is 32.1 Å². The van der Waals surface area contributed by atoms with Gasteiger partial charge in [-0.15, -0.1) is 0 Å². The molecule has 0 saturated carbocycles. The molecule has 0 atom stereocenters. The van der Waals surface area contributed by atoms with Gasteiger partial charge in [0.25, 0.3) is 0 Å². The molecule has 0 aliphatic heterocycles. The molecule has 0 aliphatic rings. The van der Waals surface area contributed by atoms with Crippen molar-refractivity contribution in [3.05, 3.63) is 12.2 Å². The van der Waals surface area contributed by atoms with E-state index in [4.69, 9.17) is 9.47 Å². The van der Waals surface area contributed by atoms with E-state index in [0.717, 1.165) is 32.1 Å². The highest BCUT2D eigenvalue weighted by Gasteiger charge is 2.04. The Morgan fingerprint density at radius 1 is 0.607 bits per heavy atom. The Bertz CT molecular complexity index is 413. The van der Waals surface area contributed by atoms with Gasteiger partial charge in [-0.2, -0.15) is 0 Å². The Morgan fingerprint density at radius 3 is 1.50 bits per heavy atom. The Kier molecular flexibility index (Phi) is 18.1. The molecular weight excluding hydrogens is 352 g/mol. The summed E-state index contributed by atoms with van der Waals surface area (Å²) in [4.78, 5) is 23.0. The fraction of sp³-hybridized carbons (Fsp3) is 0.833. The van der Waals surface area contributed by atoms with Crippen LogP contribution in [-0.2, 0) is 19.1 Å². The van der Waals surface area contributed by atoms with Gasteiger partial charge in [0.05, 0.1) is 13.2 Å². The van der Waals surface area contributed by atoms with Crippen LogP contribution in [0, 0.1) is 11.8 Å². The molecule has 0 unspecified atom stereocenters. The molecule has 0 bridgehead atoms. The van der Waals surface area contributed by atoms with Crippen LogP contribution >= 0.6 is 0 Å². The Morgan fingerprint density at radius 2 is 1.00 bits per heavy atom. The van der Waals surface area contributed by atoms with Crippen molar-refractivity contribution in [3.63, 3.8) is 0 Å². The average molecular weight is 397 g/mol. The summed E-state index contributed by atoms with van der Waals surface area (Å²) in [5, 5.41) is 0. The third-order valence-electron chi connectivity index (χ3n) is 4.33. The third kappa shape index (κ3) is 21.0. The average Bonchev–Trinajstić information content (AvgIpc) is 2.64. The van der Waals surface area contributed by atoms with Gasteiger partial charge in [-0.25, -0.2) is 0 Å². The number of carbonyl (C=O) groups is 2. The van der Waals surface area contributed by atoms with Gasteiger partial charge in [-0.05, 0) is 43.9 Å². The summed E-state index contributed by atoms with van der Waals surface area (Å²) in [5.74, 6) is 0.696. The number of unbranched alkanes of at least 4 members (excludes halogenated alkanes) is 8. The molecule has 0 rings (SSSR count). The number of rotatable bonds is 18. The molecule has 0 saturated heterocycles. The standard InChI is InChI=1S/C24H44O4/c1-21(2)19-27-23(25)17-15-13-11-9-7-5-6-8-10-12-14-16-18-24(26)28-20-22(3)4/h9,11,21-22H,5-8,10,12-20H2,1-4H3/b11-9+. The van der Waals surface area contributed by atoms with Crippen molar-refractivity contribution in [3.8, 4) is 0 Å². The van der Waals surface area contributed by atoms with Crippen LogP contribution in [0.4, 0.5) is 0 Å². The highest BCUT2D eigenvalue weighted by molar-refractivity contribution is 5.69. The van der Waals surface area contributed by atoms with Crippen LogP contribution in [0.5, 0.6) is 0 Å². The molecule has 4 nitrogen and oxygen atoms in total. The third-order valence-corrected chi connectivity index (χ3v) is 4.33. The first-order chi connectivity index (χ1) is 13.4. The number of ether oxygens (including phenoxy) is 2. The first-order valence-electron chi connectivity index (χ1n) is 11.4. The van der Waals surface area contributed by atoms with Gasteiger partial charge in [0.15, 0.2) is 0 Å². The van der Waals surface area contributed by atoms with Crippen LogP contribution in [0.15, 0.2) is 12.2 Å². The van der Waals surface area contributed by atoms with Crippen molar-refractivity contribution in [2.45, 2.75) is 105 Å². The second-order valence-corrected chi connectivity index (χ2v) is 8.53. The minimum atomic E-state index is -0.0745. The fourth-order valence-electron chi connectivity index (χ4n) is 2.68. The van der Waals surface area contributed by atoms with Crippen molar-refractivity contribution in [1.29, 1.82) is 0 Å². The molecule has 0 aromatic carbocycles. The predicted molar refractivity (Wildman–Crippen MR) is 116 cm³/mol. The zero-order chi connectivity index (χ0) is 21.0. The molecule has 0 radical (unpaired) electrons. The summed E-state index contributed by atoms with van der Waals surface area (Å²) in [6.07, 6.45) is 16.8. The Hall–Kier alpha value is -1.32. The quantitative estimate of drug-likeness (QED) is 0.148. The minimum Gasteiger partial charge on any atom is -0.465 e. The summed E-state index contributed by atoms with van der Waals surface area (Å²) in [5.41, 5.74) is 0. The molecule has 0 amide bonds. The summed E-state index contributed by atoms with van der Waals surface area (Å²) in [6, 6.07) is 0. The maximum Gasteiger partial charge on any atom is 0.305 e. The van der Waals surface area contributed by atoms with Crippen LogP contribution in [0.2, 0.25) is 0 Å². The SMILES string of the molecule is CC(C)COC(=O)CCC/C=C/CCCCCCCCCC(=O)OCC(C)C. The second kappa shape index (κ2) is 19.0. The van der Waals surface area contributed by atoms with Gasteiger partial charge in [-0.1, -0.05) is 72.0 Å². The highest BCUT2D eigenvalue weighted by Crippen LogP contribution is 2.11. The van der Waals surface area contributed by atoms with Gasteiger partial charge < -0.3 is 9.47 Å². The maximum atomic E-state index is 11.5. The lowest BCUT2D eigenvalue weighted by atomic mass is 10.1. The molecule has 0 aliphatic carbocycles. The van der Waals surface area contributed by atoms with E-state index >= 15 is 0 Å². The molecule has 28 heavy (non-hydrogen) atoms. The molecule has 0 aromatic heterocycles. The van der Waals surface area contributed by atoms with Crippen LogP contribution in [0.1, 0.15) is 105 Å². The normalized spacial score (nSPS) is 11.5. The van der Waals surface area contributed by atoms with Crippen molar-refractivity contribution >= 4 is 11.9 Å². The molecule has 0 N–H and O–H groups in total. The molecule has 0 spiro atoms.